The maximum atomic E-state index is 6.07. The molecule has 0 saturated carbocycles. The molecule has 0 bridgehead atoms. The number of ether oxygens (including phenoxy) is 16. The van der Waals surface area contributed by atoms with E-state index in [2.05, 4.69) is 20.6 Å². The quantitative estimate of drug-likeness (QED) is 0.0309. The van der Waals surface area contributed by atoms with Gasteiger partial charge in [-0.1, -0.05) is 22.6 Å². The van der Waals surface area contributed by atoms with Crippen LogP contribution in [0.4, 0.5) is 0 Å². The van der Waals surface area contributed by atoms with Gasteiger partial charge < -0.3 is 75.8 Å². The minimum atomic E-state index is -0.323. The average Bonchev–Trinajstić information content (AvgIpc) is 4.12. The Hall–Kier alpha value is -3.58. The van der Waals surface area contributed by atoms with Crippen LogP contribution in [-0.4, -0.2) is 253 Å². The van der Waals surface area contributed by atoms with E-state index >= 15 is 0 Å². The van der Waals surface area contributed by atoms with Crippen LogP contribution < -0.4 is 0 Å². The molecule has 24 nitrogen and oxygen atoms in total. The van der Waals surface area contributed by atoms with E-state index in [0.29, 0.717) is 207 Å². The third-order valence-corrected chi connectivity index (χ3v) is 10.8. The first-order valence-corrected chi connectivity index (χ1v) is 25.1. The minimum absolute atomic E-state index is 0. The SMILES string of the molecule is COCCOCCOCCOCC(COCCOCCOCCOC)n1cc(-c2ccc(-c3cn(C(COCCOCCOCCOC)COCCOCCOCCOC)nn3)c3nc4ccccc4nc23)nn1.[Ag+]. The molecular weight excluding hydrogens is 1080 g/mol. The van der Waals surface area contributed by atoms with Gasteiger partial charge in [-0.15, -0.1) is 10.2 Å². The van der Waals surface area contributed by atoms with E-state index in [-0.39, 0.29) is 34.5 Å². The van der Waals surface area contributed by atoms with Crippen molar-refractivity contribution in [2.24, 2.45) is 0 Å². The Morgan fingerprint density at radius 3 is 0.867 bits per heavy atom. The van der Waals surface area contributed by atoms with Gasteiger partial charge >= 0.3 is 22.4 Å². The fraction of sp³-hybridized carbons (Fsp3) is 0.680. The molecule has 0 fully saturated rings. The Balaban J connectivity index is 0.0000122. The maximum Gasteiger partial charge on any atom is 1.00 e. The molecule has 2 aromatic carbocycles. The molecule has 3 heterocycles. The van der Waals surface area contributed by atoms with Crippen LogP contribution in [0.1, 0.15) is 12.1 Å². The fourth-order valence-corrected chi connectivity index (χ4v) is 6.88. The number of para-hydroxylation sites is 2. The molecule has 0 aliphatic carbocycles. The Morgan fingerprint density at radius 2 is 0.600 bits per heavy atom. The standard InChI is InChI=1S/C50H78N8O16.Ag/c1-59-11-15-63-19-23-67-27-31-71-37-41(38-72-32-28-68-24-20-64-16-12-60-2)57-35-47(53-55-57)43-9-10-44(50-49(43)51-45-7-5-6-8-46(45)52-50)48-36-58(56-54-48)42(39-73-33-29-69-25-21-65-17-13-61-3)40-74-34-30-70-26-22-66-18-14-62-4;/h5-10,35-36,41-42H,11-34,37-40H2,1-4H3;/q;+1. The summed E-state index contributed by atoms with van der Waals surface area (Å²) in [6, 6.07) is 11.0. The van der Waals surface area contributed by atoms with Crippen molar-refractivity contribution >= 4 is 22.1 Å². The van der Waals surface area contributed by atoms with Gasteiger partial charge in [0.15, 0.2) is 0 Å². The number of benzene rings is 2. The minimum Gasteiger partial charge on any atom is -0.382 e. The second-order valence-corrected chi connectivity index (χ2v) is 16.2. The van der Waals surface area contributed by atoms with Crippen LogP contribution in [0.25, 0.3) is 44.6 Å². The molecule has 0 N–H and O–H groups in total. The zero-order valence-corrected chi connectivity index (χ0v) is 45.5. The van der Waals surface area contributed by atoms with Crippen LogP contribution in [0.5, 0.6) is 0 Å². The third-order valence-electron chi connectivity index (χ3n) is 10.8. The molecule has 0 atom stereocenters. The summed E-state index contributed by atoms with van der Waals surface area (Å²) < 4.78 is 92.6. The van der Waals surface area contributed by atoms with Crippen LogP contribution in [-0.2, 0) is 98.2 Å². The predicted molar refractivity (Wildman–Crippen MR) is 270 cm³/mol. The smallest absolute Gasteiger partial charge is 0.382 e. The van der Waals surface area contributed by atoms with Crippen molar-refractivity contribution in [1.29, 1.82) is 0 Å². The number of methoxy groups -OCH3 is 4. The molecule has 5 aromatic rings. The van der Waals surface area contributed by atoms with Crippen molar-refractivity contribution in [3.8, 4) is 22.5 Å². The van der Waals surface area contributed by atoms with E-state index in [9.17, 15) is 0 Å². The van der Waals surface area contributed by atoms with Gasteiger partial charge in [0.25, 0.3) is 0 Å². The van der Waals surface area contributed by atoms with Crippen molar-refractivity contribution in [3.05, 3.63) is 48.8 Å². The van der Waals surface area contributed by atoms with Crippen LogP contribution in [0.3, 0.4) is 0 Å². The molecule has 0 aliphatic rings. The summed E-state index contributed by atoms with van der Waals surface area (Å²) in [5.41, 5.74) is 5.33. The molecule has 25 heteroatoms. The van der Waals surface area contributed by atoms with E-state index in [1.54, 1.807) is 37.8 Å². The van der Waals surface area contributed by atoms with Gasteiger partial charge in [0.05, 0.1) is 219 Å². The first kappa shape index (κ1) is 63.9. The third kappa shape index (κ3) is 25.2. The van der Waals surface area contributed by atoms with Gasteiger partial charge in [-0.3, -0.25) is 0 Å². The molecule has 0 unspecified atom stereocenters. The molecule has 75 heavy (non-hydrogen) atoms. The first-order valence-electron chi connectivity index (χ1n) is 25.1. The number of nitrogens with zero attached hydrogens (tertiary/aromatic N) is 8. The summed E-state index contributed by atoms with van der Waals surface area (Å²) in [6.07, 6.45) is 3.74. The van der Waals surface area contributed by atoms with Crippen molar-refractivity contribution in [2.45, 2.75) is 12.1 Å². The topological polar surface area (TPSA) is 235 Å². The fourth-order valence-electron chi connectivity index (χ4n) is 6.88. The van der Waals surface area contributed by atoms with E-state index in [4.69, 9.17) is 85.8 Å². The molecule has 3 aromatic heterocycles. The molecule has 5 rings (SSSR count). The van der Waals surface area contributed by atoms with Crippen molar-refractivity contribution < 1.29 is 98.2 Å². The summed E-state index contributed by atoms with van der Waals surface area (Å²) >= 11 is 0. The molecular formula is C50H78AgN8O16+. The summed E-state index contributed by atoms with van der Waals surface area (Å²) in [5, 5.41) is 18.4. The molecule has 0 saturated heterocycles. The Kier molecular flexibility index (Phi) is 35.4. The zero-order chi connectivity index (χ0) is 51.9. The van der Waals surface area contributed by atoms with Gasteiger partial charge in [0, 0.05) is 39.6 Å². The van der Waals surface area contributed by atoms with Crippen LogP contribution in [0.2, 0.25) is 0 Å². The summed E-state index contributed by atoms with van der Waals surface area (Å²) in [6.45, 7) is 12.1. The summed E-state index contributed by atoms with van der Waals surface area (Å²) in [4.78, 5) is 10.3. The van der Waals surface area contributed by atoms with E-state index < -0.39 is 0 Å². The number of aromatic nitrogens is 8. The predicted octanol–water partition coefficient (Wildman–Crippen LogP) is 3.16. The van der Waals surface area contributed by atoms with E-state index in [1.807, 2.05) is 48.8 Å². The Bertz CT molecular complexity index is 1980. The number of hydrogen-bond acceptors (Lipinski definition) is 22. The molecule has 0 aliphatic heterocycles. The van der Waals surface area contributed by atoms with Gasteiger partial charge in [-0.25, -0.2) is 19.3 Å². The van der Waals surface area contributed by atoms with E-state index in [1.165, 1.54) is 0 Å². The van der Waals surface area contributed by atoms with Crippen molar-refractivity contribution in [1.82, 2.24) is 40.0 Å². The Labute approximate surface area is 455 Å². The number of hydrogen-bond donors (Lipinski definition) is 0. The van der Waals surface area contributed by atoms with Crippen LogP contribution >= 0.6 is 0 Å². The Morgan fingerprint density at radius 1 is 0.347 bits per heavy atom. The van der Waals surface area contributed by atoms with Gasteiger partial charge in [0.2, 0.25) is 0 Å². The normalized spacial score (nSPS) is 11.8. The second-order valence-electron chi connectivity index (χ2n) is 16.2. The first-order chi connectivity index (χ1) is 36.7. The van der Waals surface area contributed by atoms with Crippen LogP contribution in [0.15, 0.2) is 48.8 Å². The summed E-state index contributed by atoms with van der Waals surface area (Å²) in [5.74, 6) is 0. The molecule has 0 radical (unpaired) electrons. The van der Waals surface area contributed by atoms with Crippen molar-refractivity contribution in [3.63, 3.8) is 0 Å². The average molecular weight is 1160 g/mol. The summed E-state index contributed by atoms with van der Waals surface area (Å²) in [7, 11) is 6.55. The largest absolute Gasteiger partial charge is 1.00 e. The van der Waals surface area contributed by atoms with Gasteiger partial charge in [-0.05, 0) is 24.3 Å². The second kappa shape index (κ2) is 41.5. The van der Waals surface area contributed by atoms with Crippen molar-refractivity contribution in [2.75, 3.05) is 213 Å². The van der Waals surface area contributed by atoms with Crippen LogP contribution in [0, 0.1) is 0 Å². The maximum absolute atomic E-state index is 6.07. The number of rotatable bonds is 48. The molecule has 424 valence electrons. The molecule has 0 spiro atoms. The molecule has 0 amide bonds. The van der Waals surface area contributed by atoms with E-state index in [0.717, 1.165) is 22.2 Å². The monoisotopic (exact) mass is 1150 g/mol. The van der Waals surface area contributed by atoms with Gasteiger partial charge in [-0.2, -0.15) is 0 Å². The van der Waals surface area contributed by atoms with Gasteiger partial charge in [0.1, 0.15) is 23.5 Å². The number of fused-ring (bicyclic) bond motifs is 2. The zero-order valence-electron chi connectivity index (χ0n) is 44.0.